The van der Waals surface area contributed by atoms with Crippen molar-refractivity contribution in [1.29, 1.82) is 0 Å². The van der Waals surface area contributed by atoms with Crippen LogP contribution >= 0.6 is 0 Å². The Morgan fingerprint density at radius 3 is 2.65 bits per heavy atom. The number of imide groups is 1. The van der Waals surface area contributed by atoms with E-state index in [-0.39, 0.29) is 35.8 Å². The molecule has 1 aliphatic heterocycles. The Labute approximate surface area is 184 Å². The highest BCUT2D eigenvalue weighted by Crippen LogP contribution is 2.35. The highest BCUT2D eigenvalue weighted by Gasteiger charge is 2.28. The largest absolute Gasteiger partial charge is 0.490 e. The zero-order chi connectivity index (χ0) is 22.4. The molecule has 1 atom stereocenters. The summed E-state index contributed by atoms with van der Waals surface area (Å²) >= 11 is 0. The number of amides is 3. The van der Waals surface area contributed by atoms with Gasteiger partial charge >= 0.3 is 6.03 Å². The number of urea groups is 1. The molecule has 0 aromatic heterocycles. The van der Waals surface area contributed by atoms with E-state index in [1.165, 1.54) is 18.9 Å². The molecule has 1 saturated heterocycles. The molecule has 7 nitrogen and oxygen atoms in total. The average Bonchev–Trinajstić information content (AvgIpc) is 3.46. The van der Waals surface area contributed by atoms with Gasteiger partial charge in [-0.3, -0.25) is 15.5 Å². The minimum absolute atomic E-state index is 0.0179. The number of ether oxygens (including phenoxy) is 1. The Morgan fingerprint density at radius 1 is 1.23 bits per heavy atom. The van der Waals surface area contributed by atoms with Crippen LogP contribution in [0.25, 0.3) is 0 Å². The monoisotopic (exact) mass is 434 g/mol. The van der Waals surface area contributed by atoms with Crippen molar-refractivity contribution in [2.45, 2.75) is 58.9 Å². The number of carbonyl (C=O) groups excluding carboxylic acids is 2. The molecule has 1 aromatic carbocycles. The maximum absolute atomic E-state index is 14.2. The smallest absolute Gasteiger partial charge is 0.324 e. The van der Waals surface area contributed by atoms with Crippen molar-refractivity contribution in [3.05, 3.63) is 29.6 Å². The first-order valence-electron chi connectivity index (χ1n) is 11.2. The van der Waals surface area contributed by atoms with E-state index in [9.17, 15) is 14.0 Å². The van der Waals surface area contributed by atoms with Gasteiger partial charge in [0.15, 0.2) is 11.6 Å². The molecule has 1 aliphatic carbocycles. The van der Waals surface area contributed by atoms with E-state index in [2.05, 4.69) is 36.9 Å². The van der Waals surface area contributed by atoms with Crippen LogP contribution < -0.4 is 20.9 Å². The van der Waals surface area contributed by atoms with Crippen molar-refractivity contribution in [1.82, 2.24) is 21.1 Å². The molecule has 2 fully saturated rings. The number of hydrogen-bond donors (Lipinski definition) is 3. The SMILES string of the molecule is CC(C)(C)C(NNCCCCCN1CC(=O)NC1=O)c1ccc(F)c(OCC2CC2)c1. The highest BCUT2D eigenvalue weighted by atomic mass is 19.1. The number of benzene rings is 1. The quantitative estimate of drug-likeness (QED) is 0.266. The standard InChI is InChI=1S/C23H35FN4O3/c1-23(2,3)21(17-9-10-18(24)19(13-17)31-15-16-7-8-16)27-25-11-5-4-6-12-28-14-20(29)26-22(28)30/h9-10,13,16,21,25,27H,4-8,11-12,14-15H2,1-3H3,(H,26,29,30). The molecule has 0 spiro atoms. The fourth-order valence-electron chi connectivity index (χ4n) is 3.63. The molecule has 0 radical (unpaired) electrons. The molecular formula is C23H35FN4O3. The van der Waals surface area contributed by atoms with Gasteiger partial charge in [-0.25, -0.2) is 14.6 Å². The summed E-state index contributed by atoms with van der Waals surface area (Å²) in [7, 11) is 0. The van der Waals surface area contributed by atoms with E-state index in [1.807, 2.05) is 12.1 Å². The molecular weight excluding hydrogens is 399 g/mol. The van der Waals surface area contributed by atoms with Gasteiger partial charge in [-0.05, 0) is 54.7 Å². The Morgan fingerprint density at radius 2 is 2.00 bits per heavy atom. The molecule has 2 aliphatic rings. The van der Waals surface area contributed by atoms with Gasteiger partial charge in [0.05, 0.1) is 12.6 Å². The maximum Gasteiger partial charge on any atom is 0.324 e. The summed E-state index contributed by atoms with van der Waals surface area (Å²) < 4.78 is 19.9. The number of carbonyl (C=O) groups is 2. The topological polar surface area (TPSA) is 82.7 Å². The van der Waals surface area contributed by atoms with Gasteiger partial charge in [0.1, 0.15) is 6.54 Å². The fraction of sp³-hybridized carbons (Fsp3) is 0.652. The first-order chi connectivity index (χ1) is 14.7. The number of rotatable bonds is 12. The summed E-state index contributed by atoms with van der Waals surface area (Å²) in [6, 6.07) is 4.79. The van der Waals surface area contributed by atoms with E-state index >= 15 is 0 Å². The number of unbranched alkanes of at least 4 members (excludes halogenated alkanes) is 2. The van der Waals surface area contributed by atoms with Crippen LogP contribution in [0.15, 0.2) is 18.2 Å². The van der Waals surface area contributed by atoms with Gasteiger partial charge < -0.3 is 9.64 Å². The van der Waals surface area contributed by atoms with E-state index in [0.29, 0.717) is 24.8 Å². The molecule has 172 valence electrons. The minimum Gasteiger partial charge on any atom is -0.490 e. The zero-order valence-electron chi connectivity index (χ0n) is 18.8. The second-order valence-corrected chi connectivity index (χ2v) is 9.65. The number of hydrogen-bond acceptors (Lipinski definition) is 5. The number of nitrogens with one attached hydrogen (secondary N) is 3. The lowest BCUT2D eigenvalue weighted by Gasteiger charge is -2.32. The lowest BCUT2D eigenvalue weighted by Crippen LogP contribution is -2.42. The normalized spacial score (nSPS) is 17.7. The van der Waals surface area contributed by atoms with Crippen molar-refractivity contribution in [3.63, 3.8) is 0 Å². The Kier molecular flexibility index (Phi) is 7.89. The molecule has 8 heteroatoms. The Hall–Kier alpha value is -2.19. The fourth-order valence-corrected chi connectivity index (χ4v) is 3.63. The molecule has 1 saturated carbocycles. The second kappa shape index (κ2) is 10.4. The van der Waals surface area contributed by atoms with Crippen LogP contribution in [0.3, 0.4) is 0 Å². The lowest BCUT2D eigenvalue weighted by atomic mass is 9.82. The summed E-state index contributed by atoms with van der Waals surface area (Å²) in [5.74, 6) is 0.343. The van der Waals surface area contributed by atoms with E-state index in [4.69, 9.17) is 4.74 Å². The summed E-state index contributed by atoms with van der Waals surface area (Å²) in [6.45, 7) is 8.53. The van der Waals surface area contributed by atoms with Crippen molar-refractivity contribution >= 4 is 11.9 Å². The van der Waals surface area contributed by atoms with Crippen LogP contribution in [0.5, 0.6) is 5.75 Å². The third-order valence-electron chi connectivity index (χ3n) is 5.67. The number of nitrogens with zero attached hydrogens (tertiary/aromatic N) is 1. The zero-order valence-corrected chi connectivity index (χ0v) is 18.8. The second-order valence-electron chi connectivity index (χ2n) is 9.65. The highest BCUT2D eigenvalue weighted by molar-refractivity contribution is 6.01. The number of hydrazine groups is 1. The predicted octanol–water partition coefficient (Wildman–Crippen LogP) is 3.52. The van der Waals surface area contributed by atoms with Gasteiger partial charge in [0.2, 0.25) is 5.91 Å². The van der Waals surface area contributed by atoms with Crippen LogP contribution in [0.4, 0.5) is 9.18 Å². The van der Waals surface area contributed by atoms with Gasteiger partial charge in [-0.15, -0.1) is 0 Å². The van der Waals surface area contributed by atoms with Crippen LogP contribution in [0, 0.1) is 17.2 Å². The molecule has 1 aromatic rings. The average molecular weight is 435 g/mol. The summed E-state index contributed by atoms with van der Waals surface area (Å²) in [4.78, 5) is 24.2. The number of halogens is 1. The van der Waals surface area contributed by atoms with Crippen LogP contribution in [-0.2, 0) is 4.79 Å². The molecule has 3 rings (SSSR count). The van der Waals surface area contributed by atoms with Crippen LogP contribution in [-0.4, -0.2) is 43.1 Å². The lowest BCUT2D eigenvalue weighted by molar-refractivity contribution is -0.118. The van der Waals surface area contributed by atoms with Crippen molar-refractivity contribution in [2.75, 3.05) is 26.2 Å². The van der Waals surface area contributed by atoms with Crippen molar-refractivity contribution in [2.24, 2.45) is 11.3 Å². The van der Waals surface area contributed by atoms with Crippen LogP contribution in [0.2, 0.25) is 0 Å². The van der Waals surface area contributed by atoms with E-state index < -0.39 is 0 Å². The maximum atomic E-state index is 14.2. The predicted molar refractivity (Wildman–Crippen MR) is 117 cm³/mol. The summed E-state index contributed by atoms with van der Waals surface area (Å²) in [6.07, 6.45) is 5.07. The third-order valence-corrected chi connectivity index (χ3v) is 5.67. The van der Waals surface area contributed by atoms with Crippen molar-refractivity contribution < 1.29 is 18.7 Å². The van der Waals surface area contributed by atoms with E-state index in [0.717, 1.165) is 31.4 Å². The van der Waals surface area contributed by atoms with Crippen LogP contribution in [0.1, 0.15) is 64.5 Å². The Balaban J connectivity index is 1.43. The molecule has 1 heterocycles. The first-order valence-corrected chi connectivity index (χ1v) is 11.2. The minimum atomic E-state index is -0.321. The van der Waals surface area contributed by atoms with Gasteiger partial charge in [0, 0.05) is 13.1 Å². The third kappa shape index (κ3) is 7.18. The summed E-state index contributed by atoms with van der Waals surface area (Å²) in [5, 5.41) is 2.29. The Bertz CT molecular complexity index is 777. The molecule has 0 bridgehead atoms. The van der Waals surface area contributed by atoms with Crippen molar-refractivity contribution in [3.8, 4) is 5.75 Å². The van der Waals surface area contributed by atoms with Gasteiger partial charge in [0.25, 0.3) is 0 Å². The molecule has 1 unspecified atom stereocenters. The first kappa shape index (κ1) is 23.5. The van der Waals surface area contributed by atoms with Gasteiger partial charge in [-0.1, -0.05) is 33.3 Å². The van der Waals surface area contributed by atoms with E-state index in [1.54, 1.807) is 4.90 Å². The molecule has 3 amide bonds. The molecule has 3 N–H and O–H groups in total. The summed E-state index contributed by atoms with van der Waals surface area (Å²) in [5.41, 5.74) is 7.59. The van der Waals surface area contributed by atoms with Gasteiger partial charge in [-0.2, -0.15) is 0 Å². The molecule has 31 heavy (non-hydrogen) atoms.